The van der Waals surface area contributed by atoms with Gasteiger partial charge in [-0.05, 0) is 58.0 Å². The van der Waals surface area contributed by atoms with Crippen molar-refractivity contribution >= 4 is 5.69 Å². The zero-order valence-electron chi connectivity index (χ0n) is 12.9. The highest BCUT2D eigenvalue weighted by molar-refractivity contribution is 5.56. The number of hydrogen-bond acceptors (Lipinski definition) is 3. The monoisotopic (exact) mass is 280 g/mol. The lowest BCUT2D eigenvalue weighted by atomic mass is 10.0. The molecule has 0 aliphatic carbocycles. The molecule has 1 unspecified atom stereocenters. The second-order valence-electron chi connectivity index (χ2n) is 5.99. The first kappa shape index (κ1) is 15.3. The molecule has 20 heavy (non-hydrogen) atoms. The first-order chi connectivity index (χ1) is 9.40. The summed E-state index contributed by atoms with van der Waals surface area (Å²) in [5, 5.41) is 9.88. The quantitative estimate of drug-likeness (QED) is 0.918. The zero-order valence-corrected chi connectivity index (χ0v) is 12.9. The van der Waals surface area contributed by atoms with Gasteiger partial charge in [0, 0.05) is 30.9 Å². The highest BCUT2D eigenvalue weighted by Crippen LogP contribution is 2.29. The molecule has 2 atom stereocenters. The van der Waals surface area contributed by atoms with Crippen LogP contribution < -0.4 is 4.90 Å². The van der Waals surface area contributed by atoms with Crippen molar-refractivity contribution in [2.24, 2.45) is 0 Å². The molecule has 1 fully saturated rings. The molecule has 4 heteroatoms. The highest BCUT2D eigenvalue weighted by atomic mass is 19.1. The Morgan fingerprint density at radius 1 is 1.50 bits per heavy atom. The van der Waals surface area contributed by atoms with Crippen molar-refractivity contribution in [2.75, 3.05) is 32.1 Å². The topological polar surface area (TPSA) is 26.7 Å². The maximum Gasteiger partial charge on any atom is 0.126 e. The number of aryl methyl sites for hydroxylation is 1. The summed E-state index contributed by atoms with van der Waals surface area (Å²) in [6.45, 7) is 5.49. The van der Waals surface area contributed by atoms with Crippen LogP contribution in [0, 0.1) is 12.7 Å². The number of benzene rings is 1. The fourth-order valence-electron chi connectivity index (χ4n) is 2.97. The second-order valence-corrected chi connectivity index (χ2v) is 5.99. The Morgan fingerprint density at radius 3 is 2.75 bits per heavy atom. The predicted octanol–water partition coefficient (Wildman–Crippen LogP) is 2.72. The van der Waals surface area contributed by atoms with Gasteiger partial charge in [0.1, 0.15) is 5.82 Å². The van der Waals surface area contributed by atoms with Gasteiger partial charge in [-0.3, -0.25) is 0 Å². The Hall–Kier alpha value is -1.13. The maximum absolute atomic E-state index is 13.7. The Morgan fingerprint density at radius 2 is 2.20 bits per heavy atom. The van der Waals surface area contributed by atoms with Crippen LogP contribution in [0.5, 0.6) is 0 Å². The summed E-state index contributed by atoms with van der Waals surface area (Å²) >= 11 is 0. The summed E-state index contributed by atoms with van der Waals surface area (Å²) in [4.78, 5) is 4.51. The number of nitrogens with zero attached hydrogens (tertiary/aromatic N) is 2. The van der Waals surface area contributed by atoms with E-state index in [1.54, 1.807) is 13.8 Å². The van der Waals surface area contributed by atoms with Gasteiger partial charge < -0.3 is 14.9 Å². The minimum Gasteiger partial charge on any atom is -0.389 e. The van der Waals surface area contributed by atoms with Crippen molar-refractivity contribution in [2.45, 2.75) is 38.8 Å². The molecule has 0 amide bonds. The molecule has 2 rings (SSSR count). The average Bonchev–Trinajstić information content (AvgIpc) is 2.77. The number of hydrogen-bond donors (Lipinski definition) is 1. The largest absolute Gasteiger partial charge is 0.389 e. The van der Waals surface area contributed by atoms with Gasteiger partial charge in [0.2, 0.25) is 0 Å². The number of rotatable bonds is 4. The molecule has 112 valence electrons. The second kappa shape index (κ2) is 6.10. The van der Waals surface area contributed by atoms with Crippen molar-refractivity contribution in [3.63, 3.8) is 0 Å². The average molecular weight is 280 g/mol. The smallest absolute Gasteiger partial charge is 0.126 e. The zero-order chi connectivity index (χ0) is 14.9. The van der Waals surface area contributed by atoms with Crippen LogP contribution in [-0.4, -0.2) is 43.2 Å². The number of likely N-dealkylation sites (tertiary alicyclic amines) is 1. The van der Waals surface area contributed by atoms with Crippen LogP contribution in [0.4, 0.5) is 10.1 Å². The predicted molar refractivity (Wildman–Crippen MR) is 80.7 cm³/mol. The van der Waals surface area contributed by atoms with Crippen LogP contribution >= 0.6 is 0 Å². The number of aliphatic hydroxyl groups is 1. The third kappa shape index (κ3) is 3.13. The highest BCUT2D eigenvalue weighted by Gasteiger charge is 2.24. The van der Waals surface area contributed by atoms with Crippen LogP contribution in [-0.2, 0) is 0 Å². The lowest BCUT2D eigenvalue weighted by molar-refractivity contribution is 0.199. The molecular formula is C16H25FN2O. The molecule has 0 radical (unpaired) electrons. The van der Waals surface area contributed by atoms with Crippen molar-refractivity contribution < 1.29 is 9.50 Å². The number of aliphatic hydroxyl groups excluding tert-OH is 1. The molecule has 1 aliphatic heterocycles. The number of halogens is 1. The summed E-state index contributed by atoms with van der Waals surface area (Å²) in [5.41, 5.74) is 2.21. The van der Waals surface area contributed by atoms with Crippen LogP contribution in [0.3, 0.4) is 0 Å². The standard InChI is InChI=1S/C16H25FN2O/c1-11-8-16(14(12(2)20)9-15(11)17)19(4)10-13-6-5-7-18(13)3/h8-9,12-13,20H,5-7,10H2,1-4H3/t12-,13?/m0/s1. The SMILES string of the molecule is Cc1cc(N(C)CC2CCCN2C)c([C@H](C)O)cc1F. The first-order valence-corrected chi connectivity index (χ1v) is 7.29. The van der Waals surface area contributed by atoms with Gasteiger partial charge in [-0.2, -0.15) is 0 Å². The summed E-state index contributed by atoms with van der Waals surface area (Å²) in [5.74, 6) is -0.254. The Labute approximate surface area is 121 Å². The van der Waals surface area contributed by atoms with E-state index in [4.69, 9.17) is 0 Å². The minimum atomic E-state index is -0.663. The molecule has 1 aromatic rings. The van der Waals surface area contributed by atoms with E-state index in [2.05, 4.69) is 16.8 Å². The van der Waals surface area contributed by atoms with Crippen molar-refractivity contribution in [1.29, 1.82) is 0 Å². The molecule has 0 aromatic heterocycles. The van der Waals surface area contributed by atoms with E-state index < -0.39 is 6.10 Å². The molecule has 1 saturated heterocycles. The number of likely N-dealkylation sites (N-methyl/N-ethyl adjacent to an activating group) is 2. The molecule has 0 spiro atoms. The van der Waals surface area contributed by atoms with Gasteiger partial charge in [0.15, 0.2) is 0 Å². The van der Waals surface area contributed by atoms with Gasteiger partial charge in [-0.1, -0.05) is 0 Å². The Bertz CT molecular complexity index is 476. The first-order valence-electron chi connectivity index (χ1n) is 7.29. The fraction of sp³-hybridized carbons (Fsp3) is 0.625. The van der Waals surface area contributed by atoms with E-state index in [-0.39, 0.29) is 5.82 Å². The van der Waals surface area contributed by atoms with Gasteiger partial charge in [-0.15, -0.1) is 0 Å². The van der Waals surface area contributed by atoms with E-state index in [1.165, 1.54) is 18.9 Å². The van der Waals surface area contributed by atoms with Crippen molar-refractivity contribution in [3.8, 4) is 0 Å². The molecule has 1 aromatic carbocycles. The van der Waals surface area contributed by atoms with Crippen molar-refractivity contribution in [3.05, 3.63) is 29.1 Å². The van der Waals surface area contributed by atoms with E-state index >= 15 is 0 Å². The molecule has 1 aliphatic rings. The van der Waals surface area contributed by atoms with Crippen LogP contribution in [0.15, 0.2) is 12.1 Å². The van der Waals surface area contributed by atoms with Gasteiger partial charge in [0.05, 0.1) is 6.10 Å². The van der Waals surface area contributed by atoms with E-state index in [0.717, 1.165) is 18.8 Å². The van der Waals surface area contributed by atoms with E-state index in [9.17, 15) is 9.50 Å². The van der Waals surface area contributed by atoms with Crippen molar-refractivity contribution in [1.82, 2.24) is 4.90 Å². The Balaban J connectivity index is 2.24. The summed E-state index contributed by atoms with van der Waals surface area (Å²) in [6.07, 6.45) is 1.77. The van der Waals surface area contributed by atoms with Gasteiger partial charge in [0.25, 0.3) is 0 Å². The van der Waals surface area contributed by atoms with Crippen LogP contribution in [0.1, 0.15) is 37.0 Å². The lowest BCUT2D eigenvalue weighted by Gasteiger charge is -2.29. The van der Waals surface area contributed by atoms with E-state index in [1.807, 2.05) is 13.1 Å². The molecule has 0 bridgehead atoms. The summed E-state index contributed by atoms with van der Waals surface area (Å²) in [6, 6.07) is 3.84. The molecule has 0 saturated carbocycles. The molecular weight excluding hydrogens is 255 g/mol. The lowest BCUT2D eigenvalue weighted by Crippen LogP contribution is -2.37. The van der Waals surface area contributed by atoms with Crippen LogP contribution in [0.2, 0.25) is 0 Å². The summed E-state index contributed by atoms with van der Waals surface area (Å²) < 4.78 is 13.7. The number of anilines is 1. The third-order valence-corrected chi connectivity index (χ3v) is 4.33. The molecule has 3 nitrogen and oxygen atoms in total. The van der Waals surface area contributed by atoms with Crippen LogP contribution in [0.25, 0.3) is 0 Å². The molecule has 1 heterocycles. The molecule has 1 N–H and O–H groups in total. The van der Waals surface area contributed by atoms with Gasteiger partial charge >= 0.3 is 0 Å². The van der Waals surface area contributed by atoms with Gasteiger partial charge in [-0.25, -0.2) is 4.39 Å². The maximum atomic E-state index is 13.7. The summed E-state index contributed by atoms with van der Waals surface area (Å²) in [7, 11) is 4.17. The minimum absolute atomic E-state index is 0.254. The normalized spacial score (nSPS) is 21.2. The Kier molecular flexibility index (Phi) is 4.66. The van der Waals surface area contributed by atoms with E-state index in [0.29, 0.717) is 17.2 Å². The third-order valence-electron chi connectivity index (χ3n) is 4.33. The fourth-order valence-corrected chi connectivity index (χ4v) is 2.97.